The van der Waals surface area contributed by atoms with Crippen LogP contribution in [-0.2, 0) is 9.59 Å². The number of nitrogens with one attached hydrogen (secondary N) is 2. The molecule has 162 valence electrons. The summed E-state index contributed by atoms with van der Waals surface area (Å²) >= 11 is 0. The summed E-state index contributed by atoms with van der Waals surface area (Å²) in [4.78, 5) is 26.8. The minimum absolute atomic E-state index is 0.0398. The van der Waals surface area contributed by atoms with Crippen molar-refractivity contribution >= 4 is 11.8 Å². The lowest BCUT2D eigenvalue weighted by Gasteiger charge is -2.55. The molecule has 4 saturated carbocycles. The van der Waals surface area contributed by atoms with Gasteiger partial charge in [-0.05, 0) is 68.3 Å². The molecule has 5 aliphatic rings. The van der Waals surface area contributed by atoms with Crippen LogP contribution in [0.5, 0.6) is 5.75 Å². The van der Waals surface area contributed by atoms with Crippen LogP contribution in [0.4, 0.5) is 0 Å². The molecule has 5 nitrogen and oxygen atoms in total. The monoisotopic (exact) mass is 410 g/mol. The number of hydrogen-bond donors (Lipinski definition) is 2. The highest BCUT2D eigenvalue weighted by atomic mass is 16.5. The largest absolute Gasteiger partial charge is 0.493 e. The van der Waals surface area contributed by atoms with Crippen molar-refractivity contribution in [3.05, 3.63) is 29.8 Å². The van der Waals surface area contributed by atoms with Gasteiger partial charge in [-0.1, -0.05) is 32.0 Å². The Morgan fingerprint density at radius 3 is 2.30 bits per heavy atom. The molecule has 1 aliphatic heterocycles. The van der Waals surface area contributed by atoms with E-state index < -0.39 is 6.04 Å². The number of hydrogen-bond acceptors (Lipinski definition) is 3. The van der Waals surface area contributed by atoms with Crippen molar-refractivity contribution in [2.45, 2.75) is 70.9 Å². The Kier molecular flexibility index (Phi) is 5.03. The summed E-state index contributed by atoms with van der Waals surface area (Å²) in [7, 11) is 0. The first kappa shape index (κ1) is 19.9. The molecule has 1 aromatic carbocycles. The van der Waals surface area contributed by atoms with Gasteiger partial charge in [-0.25, -0.2) is 0 Å². The van der Waals surface area contributed by atoms with Gasteiger partial charge in [-0.2, -0.15) is 0 Å². The SMILES string of the molecule is CC(C)[C@@H](NC(=O)C12CC3CC(CC(C3)C1)C2)C(=O)N[C@H]1CCOc2ccccc21. The maximum absolute atomic E-state index is 13.5. The van der Waals surface area contributed by atoms with Gasteiger partial charge >= 0.3 is 0 Å². The average Bonchev–Trinajstić information content (AvgIpc) is 2.70. The first-order valence-electron chi connectivity index (χ1n) is 11.8. The Bertz CT molecular complexity index is 798. The summed E-state index contributed by atoms with van der Waals surface area (Å²) < 4.78 is 5.72. The Labute approximate surface area is 179 Å². The smallest absolute Gasteiger partial charge is 0.243 e. The lowest BCUT2D eigenvalue weighted by molar-refractivity contribution is -0.149. The highest BCUT2D eigenvalue weighted by Crippen LogP contribution is 2.60. The highest BCUT2D eigenvalue weighted by molar-refractivity contribution is 5.90. The first-order valence-corrected chi connectivity index (χ1v) is 11.8. The second-order valence-corrected chi connectivity index (χ2v) is 10.6. The molecule has 2 atom stereocenters. The van der Waals surface area contributed by atoms with Gasteiger partial charge in [-0.15, -0.1) is 0 Å². The third-order valence-corrected chi connectivity index (χ3v) is 8.03. The van der Waals surface area contributed by atoms with Gasteiger partial charge in [0.1, 0.15) is 11.8 Å². The second kappa shape index (κ2) is 7.58. The summed E-state index contributed by atoms with van der Waals surface area (Å²) in [6, 6.07) is 7.31. The molecule has 0 aromatic heterocycles. The number of fused-ring (bicyclic) bond motifs is 1. The van der Waals surface area contributed by atoms with Crippen molar-refractivity contribution in [2.75, 3.05) is 6.61 Å². The van der Waals surface area contributed by atoms with Gasteiger partial charge < -0.3 is 15.4 Å². The minimum Gasteiger partial charge on any atom is -0.493 e. The molecule has 4 fully saturated rings. The average molecular weight is 411 g/mol. The van der Waals surface area contributed by atoms with E-state index in [1.54, 1.807) is 0 Å². The molecule has 4 bridgehead atoms. The molecular formula is C25H34N2O3. The van der Waals surface area contributed by atoms with Gasteiger partial charge in [-0.3, -0.25) is 9.59 Å². The fraction of sp³-hybridized carbons (Fsp3) is 0.680. The van der Waals surface area contributed by atoms with E-state index in [2.05, 4.69) is 10.6 Å². The number of rotatable bonds is 5. The lowest BCUT2D eigenvalue weighted by atomic mass is 9.49. The van der Waals surface area contributed by atoms with Gasteiger partial charge in [0.25, 0.3) is 0 Å². The van der Waals surface area contributed by atoms with Gasteiger partial charge in [0, 0.05) is 17.4 Å². The Balaban J connectivity index is 1.29. The fourth-order valence-electron chi connectivity index (χ4n) is 6.97. The van der Waals surface area contributed by atoms with Crippen LogP contribution in [-0.4, -0.2) is 24.5 Å². The van der Waals surface area contributed by atoms with Crippen LogP contribution in [0.15, 0.2) is 24.3 Å². The van der Waals surface area contributed by atoms with E-state index >= 15 is 0 Å². The topological polar surface area (TPSA) is 67.4 Å². The molecule has 0 unspecified atom stereocenters. The molecule has 5 heteroatoms. The lowest BCUT2D eigenvalue weighted by Crippen LogP contribution is -2.58. The predicted molar refractivity (Wildman–Crippen MR) is 115 cm³/mol. The zero-order valence-electron chi connectivity index (χ0n) is 18.2. The van der Waals surface area contributed by atoms with Crippen molar-refractivity contribution in [3.63, 3.8) is 0 Å². The molecule has 0 spiro atoms. The second-order valence-electron chi connectivity index (χ2n) is 10.6. The number of ether oxygens (including phenoxy) is 1. The van der Waals surface area contributed by atoms with Crippen LogP contribution in [0.25, 0.3) is 0 Å². The number of carbonyl (C=O) groups is 2. The van der Waals surface area contributed by atoms with Crippen molar-refractivity contribution in [1.29, 1.82) is 0 Å². The maximum Gasteiger partial charge on any atom is 0.243 e. The summed E-state index contributed by atoms with van der Waals surface area (Å²) in [5, 5.41) is 6.41. The van der Waals surface area contributed by atoms with Gasteiger partial charge in [0.05, 0.1) is 12.6 Å². The van der Waals surface area contributed by atoms with E-state index in [0.717, 1.165) is 37.0 Å². The fourth-order valence-corrected chi connectivity index (χ4v) is 6.97. The highest BCUT2D eigenvalue weighted by Gasteiger charge is 2.55. The zero-order valence-corrected chi connectivity index (χ0v) is 18.2. The maximum atomic E-state index is 13.5. The third kappa shape index (κ3) is 3.50. The summed E-state index contributed by atoms with van der Waals surface area (Å²) in [6.45, 7) is 4.62. The summed E-state index contributed by atoms with van der Waals surface area (Å²) in [6.07, 6.45) is 7.73. The van der Waals surface area contributed by atoms with Crippen molar-refractivity contribution < 1.29 is 14.3 Å². The van der Waals surface area contributed by atoms with Crippen molar-refractivity contribution in [2.24, 2.45) is 29.1 Å². The van der Waals surface area contributed by atoms with E-state index in [1.807, 2.05) is 38.1 Å². The summed E-state index contributed by atoms with van der Waals surface area (Å²) in [5.41, 5.74) is 0.792. The van der Waals surface area contributed by atoms with E-state index in [4.69, 9.17) is 4.74 Å². The molecule has 2 N–H and O–H groups in total. The number of benzene rings is 1. The van der Waals surface area contributed by atoms with Crippen molar-refractivity contribution in [1.82, 2.24) is 10.6 Å². The van der Waals surface area contributed by atoms with E-state index in [9.17, 15) is 9.59 Å². The molecule has 0 saturated heterocycles. The normalized spacial score (nSPS) is 34.8. The molecule has 0 radical (unpaired) electrons. The van der Waals surface area contributed by atoms with E-state index in [1.165, 1.54) is 19.3 Å². The number of amides is 2. The molecule has 2 amide bonds. The third-order valence-electron chi connectivity index (χ3n) is 8.03. The van der Waals surface area contributed by atoms with Crippen LogP contribution in [0.3, 0.4) is 0 Å². The minimum atomic E-state index is -0.500. The molecule has 1 heterocycles. The predicted octanol–water partition coefficient (Wildman–Crippen LogP) is 3.98. The van der Waals surface area contributed by atoms with E-state index in [-0.39, 0.29) is 29.2 Å². The number of carbonyl (C=O) groups excluding carboxylic acids is 2. The van der Waals surface area contributed by atoms with Gasteiger partial charge in [0.15, 0.2) is 0 Å². The molecule has 4 aliphatic carbocycles. The molecule has 30 heavy (non-hydrogen) atoms. The van der Waals surface area contributed by atoms with Crippen molar-refractivity contribution in [3.8, 4) is 5.75 Å². The molecular weight excluding hydrogens is 376 g/mol. The van der Waals surface area contributed by atoms with E-state index in [0.29, 0.717) is 24.4 Å². The first-order chi connectivity index (χ1) is 14.4. The Hall–Kier alpha value is -2.04. The van der Waals surface area contributed by atoms with Crippen LogP contribution in [0.1, 0.15) is 70.4 Å². The molecule has 1 aromatic rings. The van der Waals surface area contributed by atoms with Crippen LogP contribution in [0.2, 0.25) is 0 Å². The Morgan fingerprint density at radius 1 is 1.03 bits per heavy atom. The summed E-state index contributed by atoms with van der Waals surface area (Å²) in [5.74, 6) is 3.07. The van der Waals surface area contributed by atoms with Crippen LogP contribution in [0, 0.1) is 29.1 Å². The quantitative estimate of drug-likeness (QED) is 0.771. The molecule has 6 rings (SSSR count). The van der Waals surface area contributed by atoms with Crippen LogP contribution >= 0.6 is 0 Å². The van der Waals surface area contributed by atoms with Gasteiger partial charge in [0.2, 0.25) is 11.8 Å². The van der Waals surface area contributed by atoms with Crippen LogP contribution < -0.4 is 15.4 Å². The zero-order chi connectivity index (χ0) is 20.9. The standard InChI is InChI=1S/C25H34N2O3/c1-15(2)22(23(28)26-20-7-8-30-21-6-4-3-5-19(20)21)27-24(29)25-12-16-9-17(13-25)11-18(10-16)14-25/h3-6,15-18,20,22H,7-14H2,1-2H3,(H,26,28)(H,27,29)/t16?,17?,18?,20-,22+,25?/m0/s1. The number of para-hydroxylation sites is 1. The Morgan fingerprint density at radius 2 is 1.67 bits per heavy atom.